The van der Waals surface area contributed by atoms with Crippen LogP contribution in [0.15, 0.2) is 36.7 Å². The van der Waals surface area contributed by atoms with Gasteiger partial charge < -0.3 is 10.1 Å². The van der Waals surface area contributed by atoms with Crippen LogP contribution in [0, 0.1) is 12.7 Å². The number of hydrogen-bond acceptors (Lipinski definition) is 5. The number of aryl methyl sites for hydroxylation is 1. The molecular formula is C21H21FN6O2. The minimum Gasteiger partial charge on any atom is -0.495 e. The molecule has 0 radical (unpaired) electrons. The van der Waals surface area contributed by atoms with Crippen molar-refractivity contribution in [3.63, 3.8) is 0 Å². The fourth-order valence-corrected chi connectivity index (χ4v) is 3.08. The fraction of sp³-hybridized carbons (Fsp3) is 0.238. The molecular weight excluding hydrogens is 387 g/mol. The average molecular weight is 408 g/mol. The minimum absolute atomic E-state index is 0.133. The molecule has 0 unspecified atom stereocenters. The van der Waals surface area contributed by atoms with Gasteiger partial charge in [-0.25, -0.2) is 13.9 Å². The Hall–Kier alpha value is -3.75. The summed E-state index contributed by atoms with van der Waals surface area (Å²) in [6.45, 7) is 5.65. The maximum Gasteiger partial charge on any atom is 0.259 e. The van der Waals surface area contributed by atoms with Gasteiger partial charge in [-0.1, -0.05) is 13.8 Å². The van der Waals surface area contributed by atoms with Crippen LogP contribution in [0.25, 0.3) is 16.9 Å². The average Bonchev–Trinajstić information content (AvgIpc) is 3.36. The molecule has 9 heteroatoms. The van der Waals surface area contributed by atoms with Crippen LogP contribution in [0.5, 0.6) is 5.75 Å². The van der Waals surface area contributed by atoms with Gasteiger partial charge in [0.15, 0.2) is 5.82 Å². The zero-order valence-electron chi connectivity index (χ0n) is 17.0. The summed E-state index contributed by atoms with van der Waals surface area (Å²) in [4.78, 5) is 17.2. The monoisotopic (exact) mass is 408 g/mol. The van der Waals surface area contributed by atoms with Gasteiger partial charge in [0.1, 0.15) is 17.4 Å². The zero-order valence-corrected chi connectivity index (χ0v) is 17.0. The molecule has 4 aromatic rings. The highest BCUT2D eigenvalue weighted by atomic mass is 19.1. The quantitative estimate of drug-likeness (QED) is 0.521. The van der Waals surface area contributed by atoms with Crippen LogP contribution in [-0.4, -0.2) is 37.8 Å². The number of pyridine rings is 1. The van der Waals surface area contributed by atoms with Crippen molar-refractivity contribution in [3.8, 4) is 17.1 Å². The molecule has 3 aromatic heterocycles. The predicted octanol–water partition coefficient (Wildman–Crippen LogP) is 3.95. The molecule has 0 aliphatic heterocycles. The molecule has 0 fully saturated rings. The second-order valence-electron chi connectivity index (χ2n) is 7.26. The molecule has 0 aliphatic rings. The zero-order chi connectivity index (χ0) is 21.4. The number of aromatic nitrogens is 5. The smallest absolute Gasteiger partial charge is 0.259 e. The standard InChI is InChI=1S/C21H21FN6O2/c1-11(2)19-25-20(27-26-19)14-8-17(12(3)7-16(14)22)24-21(29)15-9-23-28-10-13(30-4)5-6-18(15)28/h5-11H,1-4H3,(H,24,29)(H,25,26,27). The highest BCUT2D eigenvalue weighted by Gasteiger charge is 2.18. The first-order chi connectivity index (χ1) is 14.4. The number of carbonyl (C=O) groups is 1. The second-order valence-corrected chi connectivity index (χ2v) is 7.26. The first-order valence-corrected chi connectivity index (χ1v) is 9.43. The van der Waals surface area contributed by atoms with E-state index in [1.165, 1.54) is 12.3 Å². The van der Waals surface area contributed by atoms with Gasteiger partial charge in [0.05, 0.1) is 36.1 Å². The number of methoxy groups -OCH3 is 1. The van der Waals surface area contributed by atoms with E-state index in [1.807, 2.05) is 13.8 Å². The van der Waals surface area contributed by atoms with E-state index in [-0.39, 0.29) is 23.2 Å². The van der Waals surface area contributed by atoms with E-state index in [4.69, 9.17) is 4.74 Å². The molecule has 0 saturated heterocycles. The SMILES string of the molecule is COc1ccc2c(C(=O)Nc3cc(-c4n[nH]c(C(C)C)n4)c(F)cc3C)cnn2c1. The third-order valence-corrected chi connectivity index (χ3v) is 4.82. The van der Waals surface area contributed by atoms with Crippen molar-refractivity contribution >= 4 is 17.1 Å². The normalized spacial score (nSPS) is 11.3. The summed E-state index contributed by atoms with van der Waals surface area (Å²) in [5.74, 6) is 0.862. The molecule has 0 aliphatic carbocycles. The van der Waals surface area contributed by atoms with Gasteiger partial charge in [-0.05, 0) is 36.8 Å². The van der Waals surface area contributed by atoms with Gasteiger partial charge in [-0.3, -0.25) is 9.89 Å². The van der Waals surface area contributed by atoms with Gasteiger partial charge in [0, 0.05) is 11.6 Å². The van der Waals surface area contributed by atoms with E-state index in [1.54, 1.807) is 42.9 Å². The predicted molar refractivity (Wildman–Crippen MR) is 110 cm³/mol. The maximum absolute atomic E-state index is 14.6. The summed E-state index contributed by atoms with van der Waals surface area (Å²) in [5.41, 5.74) is 2.29. The molecule has 0 bridgehead atoms. The Morgan fingerprint density at radius 3 is 2.80 bits per heavy atom. The highest BCUT2D eigenvalue weighted by Crippen LogP contribution is 2.28. The summed E-state index contributed by atoms with van der Waals surface area (Å²) < 4.78 is 21.3. The number of hydrogen-bond donors (Lipinski definition) is 2. The number of nitrogens with one attached hydrogen (secondary N) is 2. The van der Waals surface area contributed by atoms with E-state index < -0.39 is 5.82 Å². The summed E-state index contributed by atoms with van der Waals surface area (Å²) in [6, 6.07) is 6.41. The molecule has 1 amide bonds. The van der Waals surface area contributed by atoms with Crippen molar-refractivity contribution in [2.45, 2.75) is 26.7 Å². The summed E-state index contributed by atoms with van der Waals surface area (Å²) in [7, 11) is 1.56. The molecule has 1 aromatic carbocycles. The van der Waals surface area contributed by atoms with Crippen molar-refractivity contribution < 1.29 is 13.9 Å². The Balaban J connectivity index is 1.66. The lowest BCUT2D eigenvalue weighted by molar-refractivity contribution is 0.102. The number of nitrogens with zero attached hydrogens (tertiary/aromatic N) is 4. The molecule has 0 spiro atoms. The van der Waals surface area contributed by atoms with E-state index >= 15 is 0 Å². The molecule has 3 heterocycles. The van der Waals surface area contributed by atoms with Gasteiger partial charge in [0.2, 0.25) is 0 Å². The summed E-state index contributed by atoms with van der Waals surface area (Å²) >= 11 is 0. The largest absolute Gasteiger partial charge is 0.495 e. The van der Waals surface area contributed by atoms with Crippen LogP contribution in [-0.2, 0) is 0 Å². The van der Waals surface area contributed by atoms with Crippen LogP contribution >= 0.6 is 0 Å². The number of benzene rings is 1. The molecule has 8 nitrogen and oxygen atoms in total. The van der Waals surface area contributed by atoms with Gasteiger partial charge >= 0.3 is 0 Å². The van der Waals surface area contributed by atoms with E-state index in [9.17, 15) is 9.18 Å². The molecule has 0 atom stereocenters. The number of anilines is 1. The van der Waals surface area contributed by atoms with Crippen LogP contribution < -0.4 is 10.1 Å². The van der Waals surface area contributed by atoms with Crippen molar-refractivity contribution in [1.29, 1.82) is 0 Å². The van der Waals surface area contributed by atoms with Crippen LogP contribution in [0.4, 0.5) is 10.1 Å². The number of amides is 1. The van der Waals surface area contributed by atoms with E-state index in [0.717, 1.165) is 0 Å². The van der Waals surface area contributed by atoms with Crippen LogP contribution in [0.2, 0.25) is 0 Å². The number of fused-ring (bicyclic) bond motifs is 1. The number of carbonyl (C=O) groups excluding carboxylic acids is 1. The fourth-order valence-electron chi connectivity index (χ4n) is 3.08. The maximum atomic E-state index is 14.6. The Morgan fingerprint density at radius 1 is 1.30 bits per heavy atom. The molecule has 0 saturated carbocycles. The topological polar surface area (TPSA) is 97.2 Å². The Labute approximate surface area is 172 Å². The Bertz CT molecular complexity index is 1240. The van der Waals surface area contributed by atoms with Crippen molar-refractivity contribution in [2.24, 2.45) is 0 Å². The lowest BCUT2D eigenvalue weighted by atomic mass is 10.1. The molecule has 154 valence electrons. The molecule has 2 N–H and O–H groups in total. The first kappa shape index (κ1) is 19.6. The van der Waals surface area contributed by atoms with Crippen molar-refractivity contribution in [3.05, 3.63) is 59.4 Å². The van der Waals surface area contributed by atoms with Gasteiger partial charge in [-0.15, -0.1) is 0 Å². The second kappa shape index (κ2) is 7.58. The lowest BCUT2D eigenvalue weighted by Gasteiger charge is -2.10. The lowest BCUT2D eigenvalue weighted by Crippen LogP contribution is -2.13. The molecule has 30 heavy (non-hydrogen) atoms. The van der Waals surface area contributed by atoms with E-state index in [0.29, 0.717) is 33.9 Å². The van der Waals surface area contributed by atoms with Crippen molar-refractivity contribution in [1.82, 2.24) is 24.8 Å². The summed E-state index contributed by atoms with van der Waals surface area (Å²) in [5, 5.41) is 14.0. The molecule has 4 rings (SSSR count). The highest BCUT2D eigenvalue weighted by molar-refractivity contribution is 6.09. The van der Waals surface area contributed by atoms with Crippen LogP contribution in [0.1, 0.15) is 41.5 Å². The number of rotatable bonds is 5. The van der Waals surface area contributed by atoms with Crippen LogP contribution in [0.3, 0.4) is 0 Å². The number of aromatic amines is 1. The van der Waals surface area contributed by atoms with Gasteiger partial charge in [0.25, 0.3) is 5.91 Å². The number of ether oxygens (including phenoxy) is 1. The van der Waals surface area contributed by atoms with E-state index in [2.05, 4.69) is 25.6 Å². The Morgan fingerprint density at radius 2 is 2.10 bits per heavy atom. The third kappa shape index (κ3) is 3.49. The van der Waals surface area contributed by atoms with Crippen molar-refractivity contribution in [2.75, 3.05) is 12.4 Å². The number of halogens is 1. The van der Waals surface area contributed by atoms with Gasteiger partial charge in [-0.2, -0.15) is 10.2 Å². The number of H-pyrrole nitrogens is 1. The minimum atomic E-state index is -0.456. The third-order valence-electron chi connectivity index (χ3n) is 4.82. The Kier molecular flexibility index (Phi) is 4.94. The first-order valence-electron chi connectivity index (χ1n) is 9.43. The summed E-state index contributed by atoms with van der Waals surface area (Å²) in [6.07, 6.45) is 3.16.